The van der Waals surface area contributed by atoms with Gasteiger partial charge in [-0.1, -0.05) is 59.8 Å². The molecule has 8 nitrogen and oxygen atoms in total. The fraction of sp³-hybridized carbons (Fsp3) is 0.200. The van der Waals surface area contributed by atoms with E-state index >= 15 is 0 Å². The van der Waals surface area contributed by atoms with E-state index in [0.29, 0.717) is 34.2 Å². The molecule has 1 N–H and O–H groups in total. The van der Waals surface area contributed by atoms with Crippen molar-refractivity contribution in [2.24, 2.45) is 0 Å². The lowest BCUT2D eigenvalue weighted by Gasteiger charge is -2.11. The molecule has 2 heterocycles. The van der Waals surface area contributed by atoms with Crippen LogP contribution in [0.2, 0.25) is 0 Å². The van der Waals surface area contributed by atoms with Crippen LogP contribution in [0, 0.1) is 6.92 Å². The van der Waals surface area contributed by atoms with Crippen LogP contribution in [0.15, 0.2) is 71.7 Å². The maximum Gasteiger partial charge on any atom is 0.236 e. The molecule has 0 atom stereocenters. The van der Waals surface area contributed by atoms with Crippen LogP contribution in [-0.4, -0.2) is 38.5 Å². The van der Waals surface area contributed by atoms with Crippen molar-refractivity contribution in [1.82, 2.24) is 19.7 Å². The average molecular weight is 508 g/mol. The first-order valence-corrected chi connectivity index (χ1v) is 12.7. The molecule has 4 rings (SSSR count). The van der Waals surface area contributed by atoms with Crippen molar-refractivity contribution < 1.29 is 14.3 Å². The van der Waals surface area contributed by atoms with Crippen molar-refractivity contribution in [1.29, 1.82) is 0 Å². The summed E-state index contributed by atoms with van der Waals surface area (Å²) in [6.45, 7) is 6.55. The topological polar surface area (TPSA) is 91.2 Å². The third-order valence-electron chi connectivity index (χ3n) is 4.96. The summed E-state index contributed by atoms with van der Waals surface area (Å²) < 4.78 is 13.1. The summed E-state index contributed by atoms with van der Waals surface area (Å²) in [4.78, 5) is 17.1. The van der Waals surface area contributed by atoms with Crippen LogP contribution in [0.5, 0.6) is 11.5 Å². The van der Waals surface area contributed by atoms with Crippen molar-refractivity contribution in [3.8, 4) is 22.8 Å². The summed E-state index contributed by atoms with van der Waals surface area (Å²) >= 11 is 2.69. The van der Waals surface area contributed by atoms with E-state index in [-0.39, 0.29) is 18.3 Å². The predicted octanol–water partition coefficient (Wildman–Crippen LogP) is 5.21. The van der Waals surface area contributed by atoms with Crippen LogP contribution in [0.3, 0.4) is 0 Å². The molecular formula is C25H25N5O3S2. The first kappa shape index (κ1) is 24.5. The standard InChI is InChI=1S/C25H25N5O3S2/c1-4-13-30-22(14-33-21-8-6-5-7-20(21)32-3)28-29-25(30)35-16-23(31)27-24-26-19(15-34-24)18-11-9-17(2)10-12-18/h4-12,15H,1,13-14,16H2,2-3H3,(H,26,27,31). The van der Waals surface area contributed by atoms with E-state index in [1.54, 1.807) is 13.2 Å². The fourth-order valence-electron chi connectivity index (χ4n) is 3.20. The number of methoxy groups -OCH3 is 1. The van der Waals surface area contributed by atoms with Gasteiger partial charge in [-0.05, 0) is 19.1 Å². The first-order chi connectivity index (χ1) is 17.1. The number of nitrogens with one attached hydrogen (secondary N) is 1. The highest BCUT2D eigenvalue weighted by Crippen LogP contribution is 2.28. The van der Waals surface area contributed by atoms with Gasteiger partial charge in [0.1, 0.15) is 6.61 Å². The van der Waals surface area contributed by atoms with Gasteiger partial charge in [0.05, 0.1) is 18.6 Å². The van der Waals surface area contributed by atoms with E-state index in [1.807, 2.05) is 65.4 Å². The number of aromatic nitrogens is 4. The number of thiazole rings is 1. The fourth-order valence-corrected chi connectivity index (χ4v) is 4.70. The predicted molar refractivity (Wildman–Crippen MR) is 139 cm³/mol. The summed E-state index contributed by atoms with van der Waals surface area (Å²) in [6, 6.07) is 15.5. The Hall–Kier alpha value is -3.63. The maximum atomic E-state index is 12.6. The van der Waals surface area contributed by atoms with Crippen molar-refractivity contribution in [2.45, 2.75) is 25.2 Å². The van der Waals surface area contributed by atoms with Gasteiger partial charge in [0.25, 0.3) is 0 Å². The zero-order chi connectivity index (χ0) is 24.6. The molecule has 0 spiro atoms. The number of carbonyl (C=O) groups excluding carboxylic acids is 1. The van der Waals surface area contributed by atoms with Crippen LogP contribution in [-0.2, 0) is 17.9 Å². The smallest absolute Gasteiger partial charge is 0.236 e. The lowest BCUT2D eigenvalue weighted by Crippen LogP contribution is -2.15. The average Bonchev–Trinajstić information content (AvgIpc) is 3.49. The Morgan fingerprint density at radius 2 is 1.94 bits per heavy atom. The molecule has 0 radical (unpaired) electrons. The molecule has 1 amide bonds. The van der Waals surface area contributed by atoms with Gasteiger partial charge in [0.15, 0.2) is 27.6 Å². The summed E-state index contributed by atoms with van der Waals surface area (Å²) in [5, 5.41) is 14.5. The molecular weight excluding hydrogens is 482 g/mol. The highest BCUT2D eigenvalue weighted by Gasteiger charge is 2.16. The van der Waals surface area contributed by atoms with Crippen molar-refractivity contribution in [3.63, 3.8) is 0 Å². The number of allylic oxidation sites excluding steroid dienone is 1. The largest absolute Gasteiger partial charge is 0.493 e. The molecule has 0 unspecified atom stereocenters. The number of hydrogen-bond donors (Lipinski definition) is 1. The number of benzene rings is 2. The second-order valence-corrected chi connectivity index (χ2v) is 9.28. The summed E-state index contributed by atoms with van der Waals surface area (Å²) in [5.74, 6) is 1.88. The normalized spacial score (nSPS) is 10.7. The van der Waals surface area contributed by atoms with Crippen molar-refractivity contribution in [2.75, 3.05) is 18.2 Å². The Bertz CT molecular complexity index is 1300. The lowest BCUT2D eigenvalue weighted by molar-refractivity contribution is -0.113. The number of para-hydroxylation sites is 2. The van der Waals surface area contributed by atoms with Crippen LogP contribution < -0.4 is 14.8 Å². The molecule has 0 saturated carbocycles. The minimum atomic E-state index is -0.167. The number of rotatable bonds is 11. The van der Waals surface area contributed by atoms with E-state index < -0.39 is 0 Å². The molecule has 0 saturated heterocycles. The molecule has 0 aliphatic heterocycles. The highest BCUT2D eigenvalue weighted by molar-refractivity contribution is 7.99. The second-order valence-electron chi connectivity index (χ2n) is 7.48. The summed E-state index contributed by atoms with van der Waals surface area (Å²) in [6.07, 6.45) is 1.75. The summed E-state index contributed by atoms with van der Waals surface area (Å²) in [7, 11) is 1.59. The molecule has 0 fully saturated rings. The molecule has 35 heavy (non-hydrogen) atoms. The third-order valence-corrected chi connectivity index (χ3v) is 6.69. The Morgan fingerprint density at radius 3 is 2.69 bits per heavy atom. The minimum Gasteiger partial charge on any atom is -0.493 e. The lowest BCUT2D eigenvalue weighted by atomic mass is 10.1. The van der Waals surface area contributed by atoms with Gasteiger partial charge in [-0.3, -0.25) is 9.36 Å². The van der Waals surface area contributed by atoms with Gasteiger partial charge in [0, 0.05) is 17.5 Å². The van der Waals surface area contributed by atoms with Crippen LogP contribution in [0.1, 0.15) is 11.4 Å². The Kier molecular flexibility index (Phi) is 8.17. The number of ether oxygens (including phenoxy) is 2. The van der Waals surface area contributed by atoms with E-state index in [4.69, 9.17) is 9.47 Å². The van der Waals surface area contributed by atoms with Gasteiger partial charge < -0.3 is 14.8 Å². The molecule has 0 aliphatic rings. The van der Waals surface area contributed by atoms with E-state index in [2.05, 4.69) is 27.1 Å². The number of nitrogens with zero attached hydrogens (tertiary/aromatic N) is 4. The minimum absolute atomic E-state index is 0.167. The molecule has 10 heteroatoms. The van der Waals surface area contributed by atoms with Crippen molar-refractivity contribution in [3.05, 3.63) is 78.0 Å². The Labute approximate surface area is 212 Å². The Morgan fingerprint density at radius 1 is 1.17 bits per heavy atom. The SMILES string of the molecule is C=CCn1c(COc2ccccc2OC)nnc1SCC(=O)Nc1nc(-c2ccc(C)cc2)cs1. The van der Waals surface area contributed by atoms with Gasteiger partial charge >= 0.3 is 0 Å². The molecule has 4 aromatic rings. The molecule has 2 aromatic heterocycles. The monoisotopic (exact) mass is 507 g/mol. The van der Waals surface area contributed by atoms with Gasteiger partial charge in [-0.2, -0.15) is 0 Å². The Balaban J connectivity index is 1.36. The van der Waals surface area contributed by atoms with Crippen LogP contribution in [0.25, 0.3) is 11.3 Å². The van der Waals surface area contributed by atoms with Crippen molar-refractivity contribution >= 4 is 34.1 Å². The zero-order valence-electron chi connectivity index (χ0n) is 19.4. The molecule has 2 aromatic carbocycles. The first-order valence-electron chi connectivity index (χ1n) is 10.8. The third kappa shape index (κ3) is 6.28. The van der Waals surface area contributed by atoms with Crippen LogP contribution >= 0.6 is 23.1 Å². The second kappa shape index (κ2) is 11.7. The molecule has 180 valence electrons. The molecule has 0 aliphatic carbocycles. The number of anilines is 1. The van der Waals surface area contributed by atoms with E-state index in [1.165, 1.54) is 28.7 Å². The van der Waals surface area contributed by atoms with Crippen LogP contribution in [0.4, 0.5) is 5.13 Å². The highest BCUT2D eigenvalue weighted by atomic mass is 32.2. The molecule has 0 bridgehead atoms. The van der Waals surface area contributed by atoms with Gasteiger partial charge in [0.2, 0.25) is 5.91 Å². The maximum absolute atomic E-state index is 12.6. The van der Waals surface area contributed by atoms with Gasteiger partial charge in [-0.15, -0.1) is 28.1 Å². The number of carbonyl (C=O) groups is 1. The summed E-state index contributed by atoms with van der Waals surface area (Å²) in [5.41, 5.74) is 3.04. The number of amides is 1. The number of hydrogen-bond acceptors (Lipinski definition) is 8. The van der Waals surface area contributed by atoms with E-state index in [9.17, 15) is 4.79 Å². The quantitative estimate of drug-likeness (QED) is 0.220. The number of thioether (sulfide) groups is 1. The van der Waals surface area contributed by atoms with Gasteiger partial charge in [-0.25, -0.2) is 4.98 Å². The van der Waals surface area contributed by atoms with E-state index in [0.717, 1.165) is 11.3 Å². The number of aryl methyl sites for hydroxylation is 1. The zero-order valence-corrected chi connectivity index (χ0v) is 21.1.